The van der Waals surface area contributed by atoms with Crippen LogP contribution in [0.3, 0.4) is 0 Å². The highest BCUT2D eigenvalue weighted by molar-refractivity contribution is 5.95. The third-order valence-electron chi connectivity index (χ3n) is 5.66. The lowest BCUT2D eigenvalue weighted by molar-refractivity contribution is -0.143. The van der Waals surface area contributed by atoms with E-state index in [1.165, 1.54) is 5.56 Å². The van der Waals surface area contributed by atoms with Crippen molar-refractivity contribution in [3.05, 3.63) is 59.7 Å². The van der Waals surface area contributed by atoms with E-state index in [0.29, 0.717) is 19.4 Å². The number of unbranched alkanes of at least 4 members (excludes halogenated alkanes) is 2. The first-order valence-electron chi connectivity index (χ1n) is 11.4. The lowest BCUT2D eigenvalue weighted by atomic mass is 9.85. The third kappa shape index (κ3) is 7.91. The van der Waals surface area contributed by atoms with Crippen LogP contribution in [0, 0.1) is 11.8 Å². The Morgan fingerprint density at radius 3 is 2.67 bits per heavy atom. The minimum atomic E-state index is -0.448. The summed E-state index contributed by atoms with van der Waals surface area (Å²) in [6.07, 6.45) is 13.7. The molecule has 0 fully saturated rings. The average molecular weight is 413 g/mol. The molecule has 2 rings (SSSR count). The molecule has 4 nitrogen and oxygen atoms in total. The van der Waals surface area contributed by atoms with Gasteiger partial charge in [-0.2, -0.15) is 0 Å². The number of carbonyl (C=O) groups excluding carboxylic acids is 2. The van der Waals surface area contributed by atoms with E-state index in [1.807, 2.05) is 37.3 Å². The summed E-state index contributed by atoms with van der Waals surface area (Å²) in [6.45, 7) is 4.37. The van der Waals surface area contributed by atoms with Crippen LogP contribution in [0.4, 0.5) is 0 Å². The van der Waals surface area contributed by atoms with Gasteiger partial charge in [-0.1, -0.05) is 68.7 Å². The molecule has 1 aromatic rings. The molecule has 0 radical (unpaired) electrons. The maximum atomic E-state index is 12.5. The zero-order chi connectivity index (χ0) is 21.8. The minimum Gasteiger partial charge on any atom is -0.466 e. The largest absolute Gasteiger partial charge is 0.466 e. The Morgan fingerprint density at radius 1 is 1.17 bits per heavy atom. The Morgan fingerprint density at radius 2 is 1.93 bits per heavy atom. The van der Waals surface area contributed by atoms with E-state index in [-0.39, 0.29) is 23.6 Å². The number of ether oxygens (including phenoxy) is 1. The van der Waals surface area contributed by atoms with E-state index in [9.17, 15) is 14.7 Å². The zero-order valence-electron chi connectivity index (χ0n) is 18.4. The first kappa shape index (κ1) is 24.1. The van der Waals surface area contributed by atoms with Gasteiger partial charge in [0.1, 0.15) is 0 Å². The molecule has 0 heterocycles. The number of hydrogen-bond donors (Lipinski definition) is 1. The molecule has 0 aliphatic heterocycles. The van der Waals surface area contributed by atoms with Gasteiger partial charge >= 0.3 is 5.97 Å². The second-order valence-corrected chi connectivity index (χ2v) is 8.02. The summed E-state index contributed by atoms with van der Waals surface area (Å²) in [5.74, 6) is -0.125. The zero-order valence-corrected chi connectivity index (χ0v) is 18.4. The monoisotopic (exact) mass is 412 g/mol. The standard InChI is InChI=1S/C26H36O4/c1-3-5-6-13-23(27)17-15-21-16-18-25(28)24(21)19-22-11-8-7-10-20(22)12-9-14-26(29)30-4-2/h7-8,10-11,15-18,21,23-24,27H,3-6,9,12-14,19H2,1-2H3/t21-,23+,24-/m1/s1. The number of hydrogen-bond acceptors (Lipinski definition) is 4. The van der Waals surface area contributed by atoms with Gasteiger partial charge in [-0.3, -0.25) is 9.59 Å². The fourth-order valence-corrected chi connectivity index (χ4v) is 3.94. The molecular weight excluding hydrogens is 376 g/mol. The average Bonchev–Trinajstić information content (AvgIpc) is 3.07. The second-order valence-electron chi connectivity index (χ2n) is 8.02. The fraction of sp³-hybridized carbons (Fsp3) is 0.538. The van der Waals surface area contributed by atoms with Crippen LogP contribution < -0.4 is 0 Å². The van der Waals surface area contributed by atoms with E-state index in [2.05, 4.69) is 19.1 Å². The number of aryl methyl sites for hydroxylation is 1. The summed E-state index contributed by atoms with van der Waals surface area (Å²) in [6, 6.07) is 8.16. The predicted molar refractivity (Wildman–Crippen MR) is 120 cm³/mol. The highest BCUT2D eigenvalue weighted by Crippen LogP contribution is 2.29. The fourth-order valence-electron chi connectivity index (χ4n) is 3.94. The quantitative estimate of drug-likeness (QED) is 0.282. The minimum absolute atomic E-state index is 0.0194. The molecule has 164 valence electrons. The molecule has 1 N–H and O–H groups in total. The Kier molecular flexibility index (Phi) is 10.6. The van der Waals surface area contributed by atoms with Crippen LogP contribution >= 0.6 is 0 Å². The van der Waals surface area contributed by atoms with Gasteiger partial charge in [-0.25, -0.2) is 0 Å². The number of ketones is 1. The van der Waals surface area contributed by atoms with Gasteiger partial charge in [0, 0.05) is 18.3 Å². The Balaban J connectivity index is 1.96. The van der Waals surface area contributed by atoms with E-state index >= 15 is 0 Å². The van der Waals surface area contributed by atoms with Crippen LogP contribution in [0.2, 0.25) is 0 Å². The van der Waals surface area contributed by atoms with Gasteiger partial charge in [-0.05, 0) is 49.8 Å². The van der Waals surface area contributed by atoms with Crippen molar-refractivity contribution in [1.82, 2.24) is 0 Å². The molecule has 3 atom stereocenters. The summed E-state index contributed by atoms with van der Waals surface area (Å²) >= 11 is 0. The summed E-state index contributed by atoms with van der Waals surface area (Å²) in [5, 5.41) is 10.2. The Bertz CT molecular complexity index is 734. The topological polar surface area (TPSA) is 63.6 Å². The van der Waals surface area contributed by atoms with E-state index in [0.717, 1.165) is 44.1 Å². The third-order valence-corrected chi connectivity index (χ3v) is 5.66. The number of benzene rings is 1. The summed E-state index contributed by atoms with van der Waals surface area (Å²) in [4.78, 5) is 24.1. The van der Waals surface area contributed by atoms with Crippen molar-refractivity contribution >= 4 is 11.8 Å². The van der Waals surface area contributed by atoms with Gasteiger partial charge in [-0.15, -0.1) is 0 Å². The highest BCUT2D eigenvalue weighted by Gasteiger charge is 2.29. The lowest BCUT2D eigenvalue weighted by Crippen LogP contribution is -2.18. The lowest BCUT2D eigenvalue weighted by Gasteiger charge is -2.18. The molecule has 0 aromatic heterocycles. The molecule has 30 heavy (non-hydrogen) atoms. The number of aliphatic hydroxyl groups is 1. The molecule has 1 aliphatic carbocycles. The molecule has 0 unspecified atom stereocenters. The van der Waals surface area contributed by atoms with E-state index < -0.39 is 6.10 Å². The number of allylic oxidation sites excluding steroid dienone is 3. The van der Waals surface area contributed by atoms with Gasteiger partial charge < -0.3 is 9.84 Å². The molecule has 1 aliphatic rings. The summed E-state index contributed by atoms with van der Waals surface area (Å²) < 4.78 is 5.00. The summed E-state index contributed by atoms with van der Waals surface area (Å²) in [5.41, 5.74) is 2.34. The number of rotatable bonds is 13. The normalized spacial score (nSPS) is 19.5. The number of aliphatic hydroxyl groups excluding tert-OH is 1. The van der Waals surface area contributed by atoms with Gasteiger partial charge in [0.2, 0.25) is 0 Å². The van der Waals surface area contributed by atoms with Crippen LogP contribution in [0.15, 0.2) is 48.6 Å². The molecular formula is C26H36O4. The molecule has 0 saturated carbocycles. The molecule has 1 aromatic carbocycles. The van der Waals surface area contributed by atoms with Crippen molar-refractivity contribution < 1.29 is 19.4 Å². The van der Waals surface area contributed by atoms with Crippen LogP contribution in [0.25, 0.3) is 0 Å². The Hall–Kier alpha value is -2.20. The predicted octanol–water partition coefficient (Wildman–Crippen LogP) is 4.98. The van der Waals surface area contributed by atoms with Crippen LogP contribution in [0.5, 0.6) is 0 Å². The molecule has 0 bridgehead atoms. The van der Waals surface area contributed by atoms with Gasteiger partial charge in [0.15, 0.2) is 5.78 Å². The molecule has 0 saturated heterocycles. The first-order chi connectivity index (χ1) is 14.5. The van der Waals surface area contributed by atoms with Crippen molar-refractivity contribution in [1.29, 1.82) is 0 Å². The molecule has 0 amide bonds. The van der Waals surface area contributed by atoms with Crippen LogP contribution in [-0.4, -0.2) is 29.6 Å². The Labute approximate surface area is 181 Å². The maximum Gasteiger partial charge on any atom is 0.305 e. The SMILES string of the molecule is CCCCC[C@H](O)C=C[C@@H]1C=CC(=O)[C@@H]1Cc1ccccc1CCCC(=O)OCC. The van der Waals surface area contributed by atoms with E-state index in [1.54, 1.807) is 6.08 Å². The summed E-state index contributed by atoms with van der Waals surface area (Å²) in [7, 11) is 0. The number of carbonyl (C=O) groups is 2. The van der Waals surface area contributed by atoms with Crippen LogP contribution in [0.1, 0.15) is 63.5 Å². The molecule has 0 spiro atoms. The molecule has 4 heteroatoms. The van der Waals surface area contributed by atoms with Crippen molar-refractivity contribution in [2.45, 2.75) is 71.3 Å². The highest BCUT2D eigenvalue weighted by atomic mass is 16.5. The number of esters is 1. The first-order valence-corrected chi connectivity index (χ1v) is 11.4. The van der Waals surface area contributed by atoms with Crippen LogP contribution in [-0.2, 0) is 27.2 Å². The smallest absolute Gasteiger partial charge is 0.305 e. The van der Waals surface area contributed by atoms with Crippen molar-refractivity contribution in [3.63, 3.8) is 0 Å². The van der Waals surface area contributed by atoms with Crippen molar-refractivity contribution in [2.24, 2.45) is 11.8 Å². The maximum absolute atomic E-state index is 12.5. The van der Waals surface area contributed by atoms with Gasteiger partial charge in [0.25, 0.3) is 0 Å². The van der Waals surface area contributed by atoms with Gasteiger partial charge in [0.05, 0.1) is 12.7 Å². The van der Waals surface area contributed by atoms with E-state index in [4.69, 9.17) is 4.74 Å². The van der Waals surface area contributed by atoms with Crippen molar-refractivity contribution in [3.8, 4) is 0 Å². The second kappa shape index (κ2) is 13.2. The van der Waals surface area contributed by atoms with Crippen molar-refractivity contribution in [2.75, 3.05) is 6.61 Å².